The summed E-state index contributed by atoms with van der Waals surface area (Å²) in [7, 11) is 3.03. The van der Waals surface area contributed by atoms with Crippen molar-refractivity contribution in [1.29, 1.82) is 0 Å². The second kappa shape index (κ2) is 6.97. The summed E-state index contributed by atoms with van der Waals surface area (Å²) in [4.78, 5) is 10.4. The van der Waals surface area contributed by atoms with E-state index < -0.39 is 6.04 Å². The fourth-order valence-electron chi connectivity index (χ4n) is 1.04. The van der Waals surface area contributed by atoms with Gasteiger partial charge in [0.2, 0.25) is 0 Å². The Bertz CT molecular complexity index is 139. The summed E-state index contributed by atoms with van der Waals surface area (Å²) in [5.74, 6) is 0. The molecular weight excluding hydrogens is 172 g/mol. The highest BCUT2D eigenvalue weighted by molar-refractivity contribution is 5.56. The van der Waals surface area contributed by atoms with Gasteiger partial charge >= 0.3 is 0 Å². The Morgan fingerprint density at radius 1 is 1.31 bits per heavy atom. The van der Waals surface area contributed by atoms with Gasteiger partial charge in [-0.25, -0.2) is 0 Å². The number of hydrogen-bond donors (Lipinski definition) is 2. The number of rotatable bonds is 7. The largest absolute Gasteiger partial charge is 0.314 e. The van der Waals surface area contributed by atoms with Gasteiger partial charge in [-0.2, -0.15) is 10.1 Å². The van der Waals surface area contributed by atoms with E-state index in [1.54, 1.807) is 7.05 Å². The van der Waals surface area contributed by atoms with E-state index in [9.17, 15) is 4.79 Å². The predicted molar refractivity (Wildman–Crippen MR) is 47.7 cm³/mol. The quantitative estimate of drug-likeness (QED) is 0.345. The molecule has 0 radical (unpaired) electrons. The van der Waals surface area contributed by atoms with Gasteiger partial charge < -0.3 is 15.2 Å². The van der Waals surface area contributed by atoms with E-state index in [0.717, 1.165) is 29.3 Å². The Morgan fingerprint density at radius 3 is 2.31 bits per heavy atom. The number of unbranched alkanes of at least 4 members (excludes halogenated alkanes) is 1. The minimum absolute atomic E-state index is 0.427. The minimum atomic E-state index is -0.427. The van der Waals surface area contributed by atoms with Crippen LogP contribution in [0.5, 0.6) is 0 Å². The molecular formula is C8H18N2O3. The molecule has 0 aromatic carbocycles. The lowest BCUT2D eigenvalue weighted by atomic mass is 10.1. The van der Waals surface area contributed by atoms with Crippen LogP contribution >= 0.6 is 0 Å². The van der Waals surface area contributed by atoms with Gasteiger partial charge in [-0.05, 0) is 19.3 Å². The molecule has 5 heteroatoms. The molecule has 78 valence electrons. The normalized spacial score (nSPS) is 13.7. The zero-order valence-electron chi connectivity index (χ0n) is 8.18. The van der Waals surface area contributed by atoms with Gasteiger partial charge in [-0.1, -0.05) is 0 Å². The standard InChI is InChI=1S/C8H18N2O3/c1-9(12)6-4-3-5-8(7-11)10(2)13/h7-8,12-13H,3-6H2,1-2H3/t8-/m0/s1. The number of nitrogens with zero attached hydrogens (tertiary/aromatic N) is 2. The van der Waals surface area contributed by atoms with E-state index >= 15 is 0 Å². The van der Waals surface area contributed by atoms with Gasteiger partial charge in [0.05, 0.1) is 6.04 Å². The van der Waals surface area contributed by atoms with Crippen LogP contribution in [0.15, 0.2) is 0 Å². The molecule has 0 unspecified atom stereocenters. The molecule has 0 aromatic heterocycles. The van der Waals surface area contributed by atoms with E-state index in [0.29, 0.717) is 13.0 Å². The summed E-state index contributed by atoms with van der Waals surface area (Å²) in [5.41, 5.74) is 0. The number of hydrogen-bond acceptors (Lipinski definition) is 5. The second-order valence-corrected chi connectivity index (χ2v) is 3.15. The molecule has 0 rings (SSSR count). The van der Waals surface area contributed by atoms with Gasteiger partial charge in [0.25, 0.3) is 0 Å². The molecule has 0 aliphatic rings. The summed E-state index contributed by atoms with van der Waals surface area (Å²) >= 11 is 0. The number of carbonyl (C=O) groups is 1. The molecule has 0 fully saturated rings. The van der Waals surface area contributed by atoms with Crippen LogP contribution < -0.4 is 0 Å². The maximum absolute atomic E-state index is 10.4. The lowest BCUT2D eigenvalue weighted by Crippen LogP contribution is -2.29. The van der Waals surface area contributed by atoms with Crippen LogP contribution in [-0.2, 0) is 4.79 Å². The van der Waals surface area contributed by atoms with E-state index in [1.165, 1.54) is 7.05 Å². The van der Waals surface area contributed by atoms with Crippen molar-refractivity contribution >= 4 is 6.29 Å². The van der Waals surface area contributed by atoms with Crippen molar-refractivity contribution in [2.75, 3.05) is 20.6 Å². The molecule has 13 heavy (non-hydrogen) atoms. The first-order valence-electron chi connectivity index (χ1n) is 4.35. The molecule has 0 spiro atoms. The van der Waals surface area contributed by atoms with Crippen molar-refractivity contribution in [1.82, 2.24) is 10.1 Å². The van der Waals surface area contributed by atoms with Crippen LogP contribution in [0.25, 0.3) is 0 Å². The van der Waals surface area contributed by atoms with E-state index in [2.05, 4.69) is 0 Å². The molecule has 5 nitrogen and oxygen atoms in total. The van der Waals surface area contributed by atoms with Crippen molar-refractivity contribution < 1.29 is 15.2 Å². The first-order valence-corrected chi connectivity index (χ1v) is 4.35. The van der Waals surface area contributed by atoms with Crippen LogP contribution in [-0.4, -0.2) is 53.5 Å². The monoisotopic (exact) mass is 190 g/mol. The lowest BCUT2D eigenvalue weighted by Gasteiger charge is -2.16. The van der Waals surface area contributed by atoms with Gasteiger partial charge in [0.1, 0.15) is 6.29 Å². The van der Waals surface area contributed by atoms with Crippen LogP contribution in [0.1, 0.15) is 19.3 Å². The van der Waals surface area contributed by atoms with Gasteiger partial charge in [0.15, 0.2) is 0 Å². The SMILES string of the molecule is CN(O)CCCC[C@@H](C=O)N(C)O. The highest BCUT2D eigenvalue weighted by Gasteiger charge is 2.10. The molecule has 0 aliphatic carbocycles. The van der Waals surface area contributed by atoms with E-state index in [-0.39, 0.29) is 0 Å². The van der Waals surface area contributed by atoms with Crippen LogP contribution in [0, 0.1) is 0 Å². The number of aldehydes is 1. The Balaban J connectivity index is 3.44. The predicted octanol–water partition coefficient (Wildman–Crippen LogP) is 0.366. The Labute approximate surface area is 78.5 Å². The summed E-state index contributed by atoms with van der Waals surface area (Å²) in [5, 5.41) is 19.8. The number of carbonyl (C=O) groups excluding carboxylic acids is 1. The first kappa shape index (κ1) is 12.5. The maximum Gasteiger partial charge on any atom is 0.139 e. The van der Waals surface area contributed by atoms with Gasteiger partial charge in [0, 0.05) is 20.6 Å². The molecule has 1 atom stereocenters. The summed E-state index contributed by atoms with van der Waals surface area (Å²) in [6, 6.07) is -0.427. The van der Waals surface area contributed by atoms with Crippen LogP contribution in [0.2, 0.25) is 0 Å². The third kappa shape index (κ3) is 6.65. The highest BCUT2D eigenvalue weighted by atomic mass is 16.5. The Kier molecular flexibility index (Phi) is 6.70. The third-order valence-electron chi connectivity index (χ3n) is 1.87. The molecule has 0 bridgehead atoms. The van der Waals surface area contributed by atoms with E-state index in [4.69, 9.17) is 10.4 Å². The molecule has 0 heterocycles. The fourth-order valence-corrected chi connectivity index (χ4v) is 1.04. The number of hydroxylamine groups is 4. The first-order chi connectivity index (χ1) is 6.07. The molecule has 0 amide bonds. The molecule has 2 N–H and O–H groups in total. The fraction of sp³-hybridized carbons (Fsp3) is 0.875. The Hall–Kier alpha value is -0.490. The summed E-state index contributed by atoms with van der Waals surface area (Å²) in [6.07, 6.45) is 2.96. The average Bonchev–Trinajstić information content (AvgIpc) is 2.03. The van der Waals surface area contributed by atoms with Crippen molar-refractivity contribution in [3.8, 4) is 0 Å². The van der Waals surface area contributed by atoms with Crippen LogP contribution in [0.3, 0.4) is 0 Å². The smallest absolute Gasteiger partial charge is 0.139 e. The second-order valence-electron chi connectivity index (χ2n) is 3.15. The van der Waals surface area contributed by atoms with Crippen molar-refractivity contribution in [3.63, 3.8) is 0 Å². The zero-order chi connectivity index (χ0) is 10.3. The topological polar surface area (TPSA) is 64.0 Å². The van der Waals surface area contributed by atoms with Crippen molar-refractivity contribution in [2.24, 2.45) is 0 Å². The maximum atomic E-state index is 10.4. The van der Waals surface area contributed by atoms with Gasteiger partial charge in [-0.15, -0.1) is 0 Å². The lowest BCUT2D eigenvalue weighted by molar-refractivity contribution is -0.134. The minimum Gasteiger partial charge on any atom is -0.314 e. The average molecular weight is 190 g/mol. The van der Waals surface area contributed by atoms with E-state index in [1.807, 2.05) is 0 Å². The van der Waals surface area contributed by atoms with Crippen molar-refractivity contribution in [2.45, 2.75) is 25.3 Å². The van der Waals surface area contributed by atoms with Gasteiger partial charge in [-0.3, -0.25) is 0 Å². The summed E-state index contributed by atoms with van der Waals surface area (Å²) in [6.45, 7) is 0.584. The number of likely N-dealkylation sites (N-methyl/N-ethyl adjacent to an activating group) is 1. The Morgan fingerprint density at radius 2 is 1.92 bits per heavy atom. The molecule has 0 saturated heterocycles. The molecule has 0 aromatic rings. The van der Waals surface area contributed by atoms with Crippen molar-refractivity contribution in [3.05, 3.63) is 0 Å². The summed E-state index contributed by atoms with van der Waals surface area (Å²) < 4.78 is 0. The molecule has 0 saturated carbocycles. The third-order valence-corrected chi connectivity index (χ3v) is 1.87. The molecule has 0 aliphatic heterocycles. The highest BCUT2D eigenvalue weighted by Crippen LogP contribution is 2.03. The zero-order valence-corrected chi connectivity index (χ0v) is 8.18. The van der Waals surface area contributed by atoms with Crippen LogP contribution in [0.4, 0.5) is 0 Å².